The number of hydrogen-bond acceptors (Lipinski definition) is 2. The summed E-state index contributed by atoms with van der Waals surface area (Å²) in [4.78, 5) is 0. The zero-order chi connectivity index (χ0) is 9.80. The van der Waals surface area contributed by atoms with Crippen LogP contribution in [0.15, 0.2) is 16.7 Å². The number of rotatable bonds is 3. The van der Waals surface area contributed by atoms with Crippen molar-refractivity contribution in [2.75, 3.05) is 6.54 Å². The Morgan fingerprint density at radius 1 is 1.64 bits per heavy atom. The third kappa shape index (κ3) is 1.83. The average Bonchev–Trinajstić information content (AvgIpc) is 2.67. The van der Waals surface area contributed by atoms with Crippen LogP contribution < -0.4 is 5.32 Å². The van der Waals surface area contributed by atoms with Crippen LogP contribution in [-0.4, -0.2) is 6.54 Å². The molecule has 2 rings (SSSR count). The molecule has 1 aliphatic carbocycles. The van der Waals surface area contributed by atoms with E-state index in [1.165, 1.54) is 18.4 Å². The Balaban J connectivity index is 1.99. The number of aryl methyl sites for hydroxylation is 1. The summed E-state index contributed by atoms with van der Waals surface area (Å²) in [6.45, 7) is 0.895. The quantitative estimate of drug-likeness (QED) is 0.583. The van der Waals surface area contributed by atoms with Gasteiger partial charge in [0.15, 0.2) is 0 Å². The predicted octanol–water partition coefficient (Wildman–Crippen LogP) is 2.27. The number of furan rings is 1. The van der Waals surface area contributed by atoms with Crippen LogP contribution in [0.5, 0.6) is 0 Å². The van der Waals surface area contributed by atoms with E-state index in [0.29, 0.717) is 6.04 Å². The number of nitrogens with one attached hydrogen (secondary N) is 1. The van der Waals surface area contributed by atoms with E-state index in [1.807, 2.05) is 0 Å². The molecular formula is C12H15NO. The molecule has 0 saturated carbocycles. The summed E-state index contributed by atoms with van der Waals surface area (Å²) < 4.78 is 5.41. The summed E-state index contributed by atoms with van der Waals surface area (Å²) in [5, 5.41) is 3.46. The first-order valence-corrected chi connectivity index (χ1v) is 5.15. The molecule has 0 spiro atoms. The molecule has 1 heterocycles. The summed E-state index contributed by atoms with van der Waals surface area (Å²) >= 11 is 0. The third-order valence-corrected chi connectivity index (χ3v) is 2.71. The normalized spacial score (nSPS) is 20.1. The van der Waals surface area contributed by atoms with Crippen LogP contribution in [0.1, 0.15) is 36.6 Å². The Bertz CT molecular complexity index is 334. The highest BCUT2D eigenvalue weighted by Crippen LogP contribution is 2.30. The molecule has 0 fully saturated rings. The minimum absolute atomic E-state index is 0.450. The van der Waals surface area contributed by atoms with E-state index in [-0.39, 0.29) is 0 Å². The van der Waals surface area contributed by atoms with Gasteiger partial charge in [-0.2, -0.15) is 0 Å². The Labute approximate surface area is 84.7 Å². The van der Waals surface area contributed by atoms with E-state index >= 15 is 0 Å². The van der Waals surface area contributed by atoms with Crippen molar-refractivity contribution in [3.63, 3.8) is 0 Å². The topological polar surface area (TPSA) is 25.2 Å². The standard InChI is InChI=1S/C12H15NO/c1-2-3-8-13-11-5-4-6-12-10(11)7-9-14-12/h1,7,9,11,13H,3-6,8H2. The number of hydrogen-bond donors (Lipinski definition) is 1. The fraction of sp³-hybridized carbons (Fsp3) is 0.500. The van der Waals surface area contributed by atoms with E-state index in [4.69, 9.17) is 10.8 Å². The summed E-state index contributed by atoms with van der Waals surface area (Å²) in [5.74, 6) is 3.79. The molecule has 1 atom stereocenters. The highest BCUT2D eigenvalue weighted by atomic mass is 16.3. The Morgan fingerprint density at radius 2 is 2.57 bits per heavy atom. The fourth-order valence-electron chi connectivity index (χ4n) is 2.02. The van der Waals surface area contributed by atoms with Crippen molar-refractivity contribution in [3.8, 4) is 12.3 Å². The van der Waals surface area contributed by atoms with Gasteiger partial charge in [-0.15, -0.1) is 12.3 Å². The summed E-state index contributed by atoms with van der Waals surface area (Å²) in [6.07, 6.45) is 11.3. The molecular weight excluding hydrogens is 174 g/mol. The van der Waals surface area contributed by atoms with E-state index in [2.05, 4.69) is 17.3 Å². The van der Waals surface area contributed by atoms with Crippen LogP contribution in [0.25, 0.3) is 0 Å². The molecule has 2 heteroatoms. The van der Waals surface area contributed by atoms with Gasteiger partial charge in [-0.3, -0.25) is 0 Å². The molecule has 2 nitrogen and oxygen atoms in total. The smallest absolute Gasteiger partial charge is 0.108 e. The lowest BCUT2D eigenvalue weighted by atomic mass is 9.93. The zero-order valence-electron chi connectivity index (χ0n) is 8.25. The first-order valence-electron chi connectivity index (χ1n) is 5.15. The Hall–Kier alpha value is -1.20. The van der Waals surface area contributed by atoms with Gasteiger partial charge < -0.3 is 9.73 Å². The SMILES string of the molecule is C#CCCNC1CCCc2occc21. The molecule has 1 unspecified atom stereocenters. The van der Waals surface area contributed by atoms with Crippen molar-refractivity contribution in [1.29, 1.82) is 0 Å². The summed E-state index contributed by atoms with van der Waals surface area (Å²) in [7, 11) is 0. The van der Waals surface area contributed by atoms with Gasteiger partial charge in [-0.05, 0) is 18.9 Å². The van der Waals surface area contributed by atoms with Gasteiger partial charge in [0.05, 0.1) is 6.26 Å². The lowest BCUT2D eigenvalue weighted by Gasteiger charge is -2.22. The van der Waals surface area contributed by atoms with Gasteiger partial charge in [0.25, 0.3) is 0 Å². The Morgan fingerprint density at radius 3 is 3.43 bits per heavy atom. The van der Waals surface area contributed by atoms with Crippen LogP contribution in [0, 0.1) is 12.3 Å². The molecule has 1 aliphatic rings. The molecule has 1 aromatic heterocycles. The lowest BCUT2D eigenvalue weighted by Crippen LogP contribution is -2.25. The van der Waals surface area contributed by atoms with Crippen molar-refractivity contribution in [1.82, 2.24) is 5.32 Å². The van der Waals surface area contributed by atoms with E-state index in [9.17, 15) is 0 Å². The number of terminal acetylenes is 1. The van der Waals surface area contributed by atoms with Gasteiger partial charge >= 0.3 is 0 Å². The zero-order valence-corrected chi connectivity index (χ0v) is 8.25. The van der Waals surface area contributed by atoms with Crippen molar-refractivity contribution < 1.29 is 4.42 Å². The monoisotopic (exact) mass is 189 g/mol. The van der Waals surface area contributed by atoms with Crippen molar-refractivity contribution in [2.24, 2.45) is 0 Å². The second kappa shape index (κ2) is 4.34. The molecule has 0 amide bonds. The van der Waals surface area contributed by atoms with Gasteiger partial charge in [0.2, 0.25) is 0 Å². The van der Waals surface area contributed by atoms with Crippen molar-refractivity contribution >= 4 is 0 Å². The molecule has 0 aromatic carbocycles. The maximum atomic E-state index is 5.41. The number of fused-ring (bicyclic) bond motifs is 1. The third-order valence-electron chi connectivity index (χ3n) is 2.71. The van der Waals surface area contributed by atoms with E-state index in [1.54, 1.807) is 6.26 Å². The van der Waals surface area contributed by atoms with Crippen molar-refractivity contribution in [2.45, 2.75) is 31.7 Å². The molecule has 0 saturated heterocycles. The highest BCUT2D eigenvalue weighted by molar-refractivity contribution is 5.23. The van der Waals surface area contributed by atoms with Crippen LogP contribution in [-0.2, 0) is 6.42 Å². The highest BCUT2D eigenvalue weighted by Gasteiger charge is 2.21. The average molecular weight is 189 g/mol. The molecule has 1 aromatic rings. The fourth-order valence-corrected chi connectivity index (χ4v) is 2.02. The molecule has 14 heavy (non-hydrogen) atoms. The molecule has 0 aliphatic heterocycles. The van der Waals surface area contributed by atoms with Gasteiger partial charge in [0.1, 0.15) is 5.76 Å². The molecule has 0 bridgehead atoms. The predicted molar refractivity (Wildman–Crippen MR) is 55.8 cm³/mol. The van der Waals surface area contributed by atoms with Gasteiger partial charge in [-0.25, -0.2) is 0 Å². The first-order chi connectivity index (χ1) is 6.92. The largest absolute Gasteiger partial charge is 0.469 e. The van der Waals surface area contributed by atoms with Gasteiger partial charge in [0, 0.05) is 31.0 Å². The maximum absolute atomic E-state index is 5.41. The minimum atomic E-state index is 0.450. The second-order valence-corrected chi connectivity index (χ2v) is 3.65. The lowest BCUT2D eigenvalue weighted by molar-refractivity contribution is 0.414. The molecule has 1 N–H and O–H groups in total. The van der Waals surface area contributed by atoms with E-state index in [0.717, 1.165) is 25.1 Å². The summed E-state index contributed by atoms with van der Waals surface area (Å²) in [6, 6.07) is 2.52. The van der Waals surface area contributed by atoms with Crippen LogP contribution >= 0.6 is 0 Å². The minimum Gasteiger partial charge on any atom is -0.469 e. The molecule has 74 valence electrons. The van der Waals surface area contributed by atoms with Crippen molar-refractivity contribution in [3.05, 3.63) is 23.7 Å². The van der Waals surface area contributed by atoms with Crippen LogP contribution in [0.2, 0.25) is 0 Å². The maximum Gasteiger partial charge on any atom is 0.108 e. The first kappa shape index (κ1) is 9.36. The van der Waals surface area contributed by atoms with Crippen LogP contribution in [0.3, 0.4) is 0 Å². The second-order valence-electron chi connectivity index (χ2n) is 3.65. The Kier molecular flexibility index (Phi) is 2.90. The summed E-state index contributed by atoms with van der Waals surface area (Å²) in [5.41, 5.74) is 1.33. The van der Waals surface area contributed by atoms with Crippen LogP contribution in [0.4, 0.5) is 0 Å². The van der Waals surface area contributed by atoms with Gasteiger partial charge in [-0.1, -0.05) is 0 Å². The molecule has 0 radical (unpaired) electrons. The van der Waals surface area contributed by atoms with E-state index < -0.39 is 0 Å².